The van der Waals surface area contributed by atoms with E-state index in [2.05, 4.69) is 10.2 Å². The number of nitrogens with zero attached hydrogens (tertiary/aromatic N) is 2. The highest BCUT2D eigenvalue weighted by Crippen LogP contribution is 2.47. The van der Waals surface area contributed by atoms with Crippen LogP contribution in [0.2, 0.25) is 0 Å². The smallest absolute Gasteiger partial charge is 0.416 e. The first-order valence-corrected chi connectivity index (χ1v) is 7.66. The van der Waals surface area contributed by atoms with Crippen molar-refractivity contribution in [3.8, 4) is 17.0 Å². The Kier molecular flexibility index (Phi) is 3.40. The number of hydrogen-bond acceptors (Lipinski definition) is 5. The van der Waals surface area contributed by atoms with Crippen molar-refractivity contribution in [2.24, 2.45) is 0 Å². The number of alkyl halides is 3. The number of rotatable bonds is 1. The number of ether oxygens (including phenoxy) is 1. The molecule has 1 aromatic heterocycles. The van der Waals surface area contributed by atoms with Crippen molar-refractivity contribution < 1.29 is 27.4 Å². The number of nitrogens with two attached hydrogens (primary N) is 1. The number of aromatic nitrogens is 2. The first kappa shape index (κ1) is 16.1. The van der Waals surface area contributed by atoms with Gasteiger partial charge in [-0.25, -0.2) is 4.39 Å². The first-order chi connectivity index (χ1) is 11.8. The number of hydrogen-bond donors (Lipinski definition) is 2. The summed E-state index contributed by atoms with van der Waals surface area (Å²) in [6, 6.07) is 0.824. The van der Waals surface area contributed by atoms with Crippen molar-refractivity contribution >= 4 is 5.82 Å². The largest absolute Gasteiger partial charge is 0.507 e. The van der Waals surface area contributed by atoms with Crippen molar-refractivity contribution in [2.45, 2.75) is 37.6 Å². The number of aromatic hydroxyl groups is 1. The molecule has 1 fully saturated rings. The monoisotopic (exact) mass is 355 g/mol. The van der Waals surface area contributed by atoms with Gasteiger partial charge in [-0.05, 0) is 30.5 Å². The highest BCUT2D eigenvalue weighted by Gasteiger charge is 2.39. The van der Waals surface area contributed by atoms with Crippen molar-refractivity contribution in [1.29, 1.82) is 0 Å². The maximum atomic E-state index is 14.4. The summed E-state index contributed by atoms with van der Waals surface area (Å²) in [5, 5.41) is 17.7. The number of phenols is 1. The SMILES string of the molecule is Nc1nnc(-c2c(O)cc(C(F)(F)F)cc2F)c2c1C1CCC(C2)O1. The van der Waals surface area contributed by atoms with Crippen LogP contribution in [0.1, 0.15) is 35.6 Å². The Morgan fingerprint density at radius 2 is 1.96 bits per heavy atom. The molecule has 4 rings (SSSR count). The van der Waals surface area contributed by atoms with Crippen LogP contribution in [0.3, 0.4) is 0 Å². The van der Waals surface area contributed by atoms with Crippen LogP contribution in [0.15, 0.2) is 12.1 Å². The minimum absolute atomic E-state index is 0.00752. The van der Waals surface area contributed by atoms with E-state index in [0.717, 1.165) is 12.8 Å². The number of phenolic OH excluding ortho intramolecular Hbond substituents is 1. The van der Waals surface area contributed by atoms with Gasteiger partial charge in [0.2, 0.25) is 0 Å². The van der Waals surface area contributed by atoms with Crippen LogP contribution >= 0.6 is 0 Å². The van der Waals surface area contributed by atoms with Gasteiger partial charge in [0.05, 0.1) is 23.3 Å². The Morgan fingerprint density at radius 3 is 2.64 bits per heavy atom. The molecule has 25 heavy (non-hydrogen) atoms. The fraction of sp³-hybridized carbons (Fsp3) is 0.375. The molecule has 5 nitrogen and oxygen atoms in total. The molecule has 9 heteroatoms. The highest BCUT2D eigenvalue weighted by molar-refractivity contribution is 5.73. The number of nitrogen functional groups attached to an aromatic ring is 1. The van der Waals surface area contributed by atoms with Crippen LogP contribution in [-0.4, -0.2) is 21.4 Å². The van der Waals surface area contributed by atoms with Gasteiger partial charge < -0.3 is 15.6 Å². The summed E-state index contributed by atoms with van der Waals surface area (Å²) < 4.78 is 58.5. The number of benzene rings is 1. The molecule has 2 aliphatic rings. The lowest BCUT2D eigenvalue weighted by molar-refractivity contribution is -0.137. The van der Waals surface area contributed by atoms with E-state index in [9.17, 15) is 22.7 Å². The Balaban J connectivity index is 1.91. The molecule has 0 amide bonds. The van der Waals surface area contributed by atoms with E-state index >= 15 is 0 Å². The Labute approximate surface area is 139 Å². The predicted molar refractivity (Wildman–Crippen MR) is 79.1 cm³/mol. The molecule has 2 aromatic rings. The van der Waals surface area contributed by atoms with E-state index in [0.29, 0.717) is 29.7 Å². The molecule has 132 valence electrons. The lowest BCUT2D eigenvalue weighted by atomic mass is 9.93. The fourth-order valence-electron chi connectivity index (χ4n) is 3.55. The quantitative estimate of drug-likeness (QED) is 0.767. The lowest BCUT2D eigenvalue weighted by Gasteiger charge is -2.26. The second-order valence-corrected chi connectivity index (χ2v) is 6.20. The second kappa shape index (κ2) is 5.29. The summed E-state index contributed by atoms with van der Waals surface area (Å²) in [7, 11) is 0. The zero-order valence-electron chi connectivity index (χ0n) is 12.8. The van der Waals surface area contributed by atoms with E-state index in [1.54, 1.807) is 0 Å². The molecule has 2 unspecified atom stereocenters. The van der Waals surface area contributed by atoms with E-state index in [4.69, 9.17) is 10.5 Å². The van der Waals surface area contributed by atoms with Gasteiger partial charge in [-0.2, -0.15) is 13.2 Å². The molecule has 3 N–H and O–H groups in total. The minimum Gasteiger partial charge on any atom is -0.507 e. The van der Waals surface area contributed by atoms with Crippen LogP contribution in [0.4, 0.5) is 23.4 Å². The molecule has 3 heterocycles. The molecule has 0 saturated carbocycles. The van der Waals surface area contributed by atoms with Gasteiger partial charge in [-0.1, -0.05) is 0 Å². The van der Waals surface area contributed by atoms with Gasteiger partial charge in [0.1, 0.15) is 17.3 Å². The minimum atomic E-state index is -4.77. The number of halogens is 4. The van der Waals surface area contributed by atoms with Gasteiger partial charge in [0.15, 0.2) is 5.82 Å². The lowest BCUT2D eigenvalue weighted by Crippen LogP contribution is -2.22. The predicted octanol–water partition coefficient (Wildman–Crippen LogP) is 3.37. The molecular formula is C16H13F4N3O2. The highest BCUT2D eigenvalue weighted by atomic mass is 19.4. The van der Waals surface area contributed by atoms with Crippen molar-refractivity contribution in [2.75, 3.05) is 5.73 Å². The van der Waals surface area contributed by atoms with Gasteiger partial charge in [-0.15, -0.1) is 10.2 Å². The molecular weight excluding hydrogens is 342 g/mol. The van der Waals surface area contributed by atoms with Gasteiger partial charge >= 0.3 is 6.18 Å². The second-order valence-electron chi connectivity index (χ2n) is 6.20. The molecule has 1 saturated heterocycles. The summed E-state index contributed by atoms with van der Waals surface area (Å²) in [5.41, 5.74) is 5.35. The Hall–Kier alpha value is -2.42. The third-order valence-corrected chi connectivity index (χ3v) is 4.64. The average Bonchev–Trinajstić information content (AvgIpc) is 2.89. The van der Waals surface area contributed by atoms with E-state index in [1.165, 1.54) is 0 Å². The Bertz CT molecular complexity index is 846. The average molecular weight is 355 g/mol. The normalized spacial score (nSPS) is 22.1. The Morgan fingerprint density at radius 1 is 1.20 bits per heavy atom. The maximum Gasteiger partial charge on any atom is 0.416 e. The van der Waals surface area contributed by atoms with Crippen LogP contribution < -0.4 is 5.73 Å². The van der Waals surface area contributed by atoms with Gasteiger partial charge in [0, 0.05) is 12.0 Å². The molecule has 2 atom stereocenters. The van der Waals surface area contributed by atoms with Crippen LogP contribution in [0, 0.1) is 5.82 Å². The summed E-state index contributed by atoms with van der Waals surface area (Å²) in [6.07, 6.45) is -3.23. The molecule has 2 bridgehead atoms. The van der Waals surface area contributed by atoms with E-state index < -0.39 is 28.9 Å². The fourth-order valence-corrected chi connectivity index (χ4v) is 3.55. The van der Waals surface area contributed by atoms with Crippen molar-refractivity contribution in [1.82, 2.24) is 10.2 Å². The summed E-state index contributed by atoms with van der Waals surface area (Å²) in [5.74, 6) is -1.91. The summed E-state index contributed by atoms with van der Waals surface area (Å²) in [6.45, 7) is 0. The van der Waals surface area contributed by atoms with Crippen molar-refractivity contribution in [3.05, 3.63) is 34.6 Å². The van der Waals surface area contributed by atoms with Crippen LogP contribution in [0.25, 0.3) is 11.3 Å². The van der Waals surface area contributed by atoms with Crippen LogP contribution in [0.5, 0.6) is 5.75 Å². The van der Waals surface area contributed by atoms with Crippen molar-refractivity contribution in [3.63, 3.8) is 0 Å². The first-order valence-electron chi connectivity index (χ1n) is 7.66. The third-order valence-electron chi connectivity index (χ3n) is 4.64. The molecule has 1 aromatic carbocycles. The molecule has 0 aliphatic carbocycles. The number of fused-ring (bicyclic) bond motifs is 4. The zero-order valence-corrected chi connectivity index (χ0v) is 12.8. The van der Waals surface area contributed by atoms with Gasteiger partial charge in [0.25, 0.3) is 0 Å². The third kappa shape index (κ3) is 2.50. The summed E-state index contributed by atoms with van der Waals surface area (Å²) in [4.78, 5) is 0. The standard InChI is InChI=1S/C16H13F4N3O2/c17-9-3-6(16(18,19)20)4-10(24)13(9)14-8-5-7-1-2-11(25-7)12(8)15(21)23-22-14/h3-4,7,11,24H,1-2,5H2,(H2,21,23). The molecule has 2 aliphatic heterocycles. The zero-order chi connectivity index (χ0) is 17.9. The number of anilines is 1. The molecule has 0 spiro atoms. The van der Waals surface area contributed by atoms with E-state index in [1.807, 2.05) is 0 Å². The summed E-state index contributed by atoms with van der Waals surface area (Å²) >= 11 is 0. The topological polar surface area (TPSA) is 81.3 Å². The maximum absolute atomic E-state index is 14.4. The van der Waals surface area contributed by atoms with E-state index in [-0.39, 0.29) is 23.7 Å². The molecule has 0 radical (unpaired) electrons. The van der Waals surface area contributed by atoms with Crippen LogP contribution in [-0.2, 0) is 17.3 Å². The van der Waals surface area contributed by atoms with Gasteiger partial charge in [-0.3, -0.25) is 0 Å².